The molecule has 2 rings (SSSR count). The minimum absolute atomic E-state index is 0.318. The van der Waals surface area contributed by atoms with Crippen LogP contribution >= 0.6 is 0 Å². The zero-order valence-corrected chi connectivity index (χ0v) is 10.3. The molecule has 0 aliphatic rings. The number of aldehydes is 1. The second-order valence-electron chi connectivity index (χ2n) is 4.08. The minimum atomic E-state index is 0.318. The number of allylic oxidation sites excluding steroid dienone is 1. The molecule has 0 heterocycles. The molecular formula is C16H14N2O. The van der Waals surface area contributed by atoms with Crippen LogP contribution in [0.25, 0.3) is 5.70 Å². The average Bonchev–Trinajstić information content (AvgIpc) is 2.48. The van der Waals surface area contributed by atoms with E-state index < -0.39 is 0 Å². The van der Waals surface area contributed by atoms with E-state index in [-0.39, 0.29) is 0 Å². The Morgan fingerprint density at radius 3 is 2.32 bits per heavy atom. The van der Waals surface area contributed by atoms with E-state index >= 15 is 0 Å². The van der Waals surface area contributed by atoms with Crippen molar-refractivity contribution in [1.82, 2.24) is 0 Å². The molecule has 0 bridgehead atoms. The minimum Gasteiger partial charge on any atom is -0.398 e. The Balaban J connectivity index is 2.33. The molecule has 3 heteroatoms. The molecule has 19 heavy (non-hydrogen) atoms. The van der Waals surface area contributed by atoms with Gasteiger partial charge < -0.3 is 11.1 Å². The lowest BCUT2D eigenvalue weighted by atomic mass is 10.0. The third-order valence-corrected chi connectivity index (χ3v) is 2.78. The third kappa shape index (κ3) is 2.96. The maximum absolute atomic E-state index is 11.0. The third-order valence-electron chi connectivity index (χ3n) is 2.78. The van der Waals surface area contributed by atoms with Gasteiger partial charge in [-0.2, -0.15) is 0 Å². The highest BCUT2D eigenvalue weighted by Crippen LogP contribution is 2.14. The summed E-state index contributed by atoms with van der Waals surface area (Å²) in [5.74, 6) is 0. The Labute approximate surface area is 111 Å². The van der Waals surface area contributed by atoms with Gasteiger partial charge in [0.1, 0.15) is 0 Å². The fraction of sp³-hybridized carbons (Fsp3) is 0. The van der Waals surface area contributed by atoms with Crippen LogP contribution in [-0.4, -0.2) is 12.0 Å². The van der Waals surface area contributed by atoms with Gasteiger partial charge in [0.25, 0.3) is 0 Å². The average molecular weight is 250 g/mol. The first-order valence-electron chi connectivity index (χ1n) is 5.88. The van der Waals surface area contributed by atoms with Gasteiger partial charge in [0.05, 0.1) is 5.71 Å². The maximum Gasteiger partial charge on any atom is 0.150 e. The van der Waals surface area contributed by atoms with Crippen molar-refractivity contribution in [2.75, 3.05) is 0 Å². The molecule has 0 radical (unpaired) electrons. The molecule has 94 valence electrons. The lowest BCUT2D eigenvalue weighted by Gasteiger charge is -2.05. The van der Waals surface area contributed by atoms with Gasteiger partial charge in [-0.05, 0) is 11.6 Å². The van der Waals surface area contributed by atoms with Crippen molar-refractivity contribution in [3.05, 3.63) is 77.4 Å². The highest BCUT2D eigenvalue weighted by molar-refractivity contribution is 6.10. The summed E-state index contributed by atoms with van der Waals surface area (Å²) in [6, 6.07) is 16.4. The fourth-order valence-corrected chi connectivity index (χ4v) is 1.80. The molecule has 0 aliphatic heterocycles. The predicted octanol–water partition coefficient (Wildman–Crippen LogP) is 2.87. The van der Waals surface area contributed by atoms with Gasteiger partial charge in [-0.1, -0.05) is 54.6 Å². The van der Waals surface area contributed by atoms with Crippen LogP contribution in [0.2, 0.25) is 0 Å². The van der Waals surface area contributed by atoms with Crippen molar-refractivity contribution in [1.29, 1.82) is 5.41 Å². The number of carbonyl (C=O) groups is 1. The van der Waals surface area contributed by atoms with E-state index in [2.05, 4.69) is 0 Å². The Kier molecular flexibility index (Phi) is 3.88. The fourth-order valence-electron chi connectivity index (χ4n) is 1.80. The summed E-state index contributed by atoms with van der Waals surface area (Å²) in [5, 5.41) is 7.99. The lowest BCUT2D eigenvalue weighted by Crippen LogP contribution is -2.04. The van der Waals surface area contributed by atoms with Crippen LogP contribution in [0.1, 0.15) is 21.5 Å². The van der Waals surface area contributed by atoms with E-state index in [1.54, 1.807) is 24.3 Å². The summed E-state index contributed by atoms with van der Waals surface area (Å²) in [4.78, 5) is 11.0. The van der Waals surface area contributed by atoms with Crippen LogP contribution in [0.4, 0.5) is 0 Å². The van der Waals surface area contributed by atoms with Crippen molar-refractivity contribution in [3.63, 3.8) is 0 Å². The first kappa shape index (κ1) is 12.8. The van der Waals surface area contributed by atoms with Crippen LogP contribution in [0, 0.1) is 5.41 Å². The van der Waals surface area contributed by atoms with Crippen molar-refractivity contribution < 1.29 is 4.79 Å². The SMILES string of the molecule is N=C(C=C(N)c1ccccc1C=O)c1ccccc1. The summed E-state index contributed by atoms with van der Waals surface area (Å²) in [7, 11) is 0. The molecule has 3 N–H and O–H groups in total. The molecule has 3 nitrogen and oxygen atoms in total. The largest absolute Gasteiger partial charge is 0.398 e. The smallest absolute Gasteiger partial charge is 0.150 e. The molecular weight excluding hydrogens is 236 g/mol. The van der Waals surface area contributed by atoms with Crippen molar-refractivity contribution in [2.45, 2.75) is 0 Å². The molecule has 2 aromatic carbocycles. The molecule has 0 atom stereocenters. The van der Waals surface area contributed by atoms with E-state index in [4.69, 9.17) is 11.1 Å². The van der Waals surface area contributed by atoms with E-state index in [9.17, 15) is 4.79 Å². The topological polar surface area (TPSA) is 66.9 Å². The number of benzene rings is 2. The van der Waals surface area contributed by atoms with E-state index in [1.807, 2.05) is 36.4 Å². The quantitative estimate of drug-likeness (QED) is 0.647. The molecule has 0 saturated heterocycles. The lowest BCUT2D eigenvalue weighted by molar-refractivity contribution is 0.112. The number of nitrogens with two attached hydrogens (primary N) is 1. The van der Waals surface area contributed by atoms with E-state index in [1.165, 1.54) is 0 Å². The van der Waals surface area contributed by atoms with Crippen molar-refractivity contribution >= 4 is 17.7 Å². The van der Waals surface area contributed by atoms with Gasteiger partial charge in [0.2, 0.25) is 0 Å². The highest BCUT2D eigenvalue weighted by Gasteiger charge is 2.05. The van der Waals surface area contributed by atoms with Gasteiger partial charge in [-0.25, -0.2) is 0 Å². The Morgan fingerprint density at radius 2 is 1.63 bits per heavy atom. The molecule has 0 amide bonds. The molecule has 0 aliphatic carbocycles. The number of hydrogen-bond acceptors (Lipinski definition) is 3. The number of hydrogen-bond donors (Lipinski definition) is 2. The monoisotopic (exact) mass is 250 g/mol. The standard InChI is InChI=1S/C16H14N2O/c17-15(12-6-2-1-3-7-12)10-16(18)14-9-5-4-8-13(14)11-19/h1-11,17H,18H2. The Hall–Kier alpha value is -2.68. The van der Waals surface area contributed by atoms with Crippen molar-refractivity contribution in [3.8, 4) is 0 Å². The number of carbonyl (C=O) groups excluding carboxylic acids is 1. The molecule has 0 unspecified atom stereocenters. The second-order valence-corrected chi connectivity index (χ2v) is 4.08. The first-order valence-corrected chi connectivity index (χ1v) is 5.88. The summed E-state index contributed by atoms with van der Waals surface area (Å²) in [5.41, 5.74) is 8.67. The molecule has 0 spiro atoms. The van der Waals surface area contributed by atoms with Crippen LogP contribution in [0.3, 0.4) is 0 Å². The van der Waals surface area contributed by atoms with Crippen molar-refractivity contribution in [2.24, 2.45) is 5.73 Å². The van der Waals surface area contributed by atoms with Gasteiger partial charge in [-0.3, -0.25) is 4.79 Å². The molecule has 0 aromatic heterocycles. The van der Waals surface area contributed by atoms with Crippen LogP contribution in [0.15, 0.2) is 60.7 Å². The zero-order chi connectivity index (χ0) is 13.7. The van der Waals surface area contributed by atoms with Gasteiger partial charge >= 0.3 is 0 Å². The molecule has 0 fully saturated rings. The van der Waals surface area contributed by atoms with E-state index in [0.717, 1.165) is 11.8 Å². The van der Waals surface area contributed by atoms with Gasteiger partial charge in [0.15, 0.2) is 6.29 Å². The summed E-state index contributed by atoms with van der Waals surface area (Å²) >= 11 is 0. The van der Waals surface area contributed by atoms with Gasteiger partial charge in [-0.15, -0.1) is 0 Å². The zero-order valence-electron chi connectivity index (χ0n) is 10.3. The van der Waals surface area contributed by atoms with Crippen LogP contribution in [0.5, 0.6) is 0 Å². The highest BCUT2D eigenvalue weighted by atomic mass is 16.1. The second kappa shape index (κ2) is 5.78. The maximum atomic E-state index is 11.0. The van der Waals surface area contributed by atoms with E-state index in [0.29, 0.717) is 22.5 Å². The summed E-state index contributed by atoms with van der Waals surface area (Å²) < 4.78 is 0. The first-order chi connectivity index (χ1) is 9.22. The molecule has 0 saturated carbocycles. The van der Waals surface area contributed by atoms with Gasteiger partial charge in [0, 0.05) is 16.8 Å². The predicted molar refractivity (Wildman–Crippen MR) is 77.3 cm³/mol. The number of nitrogens with one attached hydrogen (secondary N) is 1. The Morgan fingerprint density at radius 1 is 1.00 bits per heavy atom. The normalized spacial score (nSPS) is 11.1. The Bertz CT molecular complexity index is 630. The summed E-state index contributed by atoms with van der Waals surface area (Å²) in [6.07, 6.45) is 2.33. The summed E-state index contributed by atoms with van der Waals surface area (Å²) in [6.45, 7) is 0. The molecule has 2 aromatic rings. The number of rotatable bonds is 4. The van der Waals surface area contributed by atoms with Crippen LogP contribution in [-0.2, 0) is 0 Å². The van der Waals surface area contributed by atoms with Crippen LogP contribution < -0.4 is 5.73 Å².